The Labute approximate surface area is 136 Å². The maximum atomic E-state index is 11.8. The van der Waals surface area contributed by atoms with Crippen molar-refractivity contribution in [2.24, 2.45) is 5.92 Å². The fraction of sp³-hybridized carbons (Fsp3) is 0.188. The van der Waals surface area contributed by atoms with E-state index in [0.717, 1.165) is 6.08 Å². The third-order valence-electron chi connectivity index (χ3n) is 3.61. The second kappa shape index (κ2) is 7.07. The van der Waals surface area contributed by atoms with Crippen LogP contribution in [0.1, 0.15) is 5.56 Å². The molecule has 0 aromatic heterocycles. The highest BCUT2D eigenvalue weighted by Gasteiger charge is 2.52. The number of allylic oxidation sites excluding steroid dienone is 2. The second-order valence-corrected chi connectivity index (χ2v) is 5.04. The summed E-state index contributed by atoms with van der Waals surface area (Å²) in [6, 6.07) is 8.42. The van der Waals surface area contributed by atoms with Crippen LogP contribution in [-0.2, 0) is 19.1 Å². The van der Waals surface area contributed by atoms with Gasteiger partial charge < -0.3 is 14.9 Å². The quantitative estimate of drug-likeness (QED) is 0.444. The number of hydrogen-bond acceptors (Lipinski definition) is 5. The topological polar surface area (TPSA) is 133 Å². The van der Waals surface area contributed by atoms with Crippen molar-refractivity contribution in [3.8, 4) is 0 Å². The predicted octanol–water partition coefficient (Wildman–Crippen LogP) is 0.686. The van der Waals surface area contributed by atoms with Crippen molar-refractivity contribution < 1.29 is 34.5 Å². The largest absolute Gasteiger partial charge is 0.481 e. The minimum atomic E-state index is -2.28. The summed E-state index contributed by atoms with van der Waals surface area (Å²) in [6.07, 6.45) is 3.93. The number of carboxylic acid groups (broad SMARTS) is 2. The van der Waals surface area contributed by atoms with Crippen molar-refractivity contribution in [2.45, 2.75) is 5.60 Å². The molecule has 0 fully saturated rings. The number of nitrogens with one attached hydrogen (secondary N) is 1. The SMILES string of the molecule is O=C(COC1(C(=O)O)C=CC=C(c2ccccc2)C1C(=O)O)NO. The number of hydroxylamine groups is 1. The van der Waals surface area contributed by atoms with E-state index >= 15 is 0 Å². The Morgan fingerprint density at radius 2 is 1.83 bits per heavy atom. The average Bonchev–Trinajstić information content (AvgIpc) is 2.59. The first-order chi connectivity index (χ1) is 11.4. The van der Waals surface area contributed by atoms with Crippen LogP contribution in [0.4, 0.5) is 0 Å². The second-order valence-electron chi connectivity index (χ2n) is 5.04. The molecule has 8 heteroatoms. The van der Waals surface area contributed by atoms with Gasteiger partial charge in [-0.05, 0) is 17.2 Å². The fourth-order valence-electron chi connectivity index (χ4n) is 2.53. The van der Waals surface area contributed by atoms with Crippen molar-refractivity contribution in [3.63, 3.8) is 0 Å². The molecule has 0 radical (unpaired) electrons. The van der Waals surface area contributed by atoms with E-state index in [4.69, 9.17) is 9.94 Å². The summed E-state index contributed by atoms with van der Waals surface area (Å²) in [6.45, 7) is -0.820. The first-order valence-corrected chi connectivity index (χ1v) is 6.90. The molecule has 4 N–H and O–H groups in total. The zero-order valence-corrected chi connectivity index (χ0v) is 12.4. The van der Waals surface area contributed by atoms with E-state index in [0.29, 0.717) is 5.56 Å². The Morgan fingerprint density at radius 1 is 1.17 bits per heavy atom. The van der Waals surface area contributed by atoms with Gasteiger partial charge in [0, 0.05) is 0 Å². The lowest BCUT2D eigenvalue weighted by molar-refractivity contribution is -0.174. The number of hydrogen-bond donors (Lipinski definition) is 4. The Kier molecular flexibility index (Phi) is 5.12. The van der Waals surface area contributed by atoms with Gasteiger partial charge in [0.25, 0.3) is 5.91 Å². The number of carbonyl (C=O) groups is 3. The Morgan fingerprint density at radius 3 is 2.38 bits per heavy atom. The monoisotopic (exact) mass is 333 g/mol. The first kappa shape index (κ1) is 17.4. The molecule has 1 aliphatic rings. The highest BCUT2D eigenvalue weighted by molar-refractivity contribution is 5.99. The van der Waals surface area contributed by atoms with Crippen molar-refractivity contribution in [2.75, 3.05) is 6.61 Å². The van der Waals surface area contributed by atoms with E-state index in [2.05, 4.69) is 0 Å². The van der Waals surface area contributed by atoms with E-state index in [1.165, 1.54) is 17.6 Å². The van der Waals surface area contributed by atoms with Crippen LogP contribution in [0, 0.1) is 5.92 Å². The smallest absolute Gasteiger partial charge is 0.341 e. The van der Waals surface area contributed by atoms with Crippen LogP contribution in [0.25, 0.3) is 5.57 Å². The van der Waals surface area contributed by atoms with Crippen LogP contribution in [0.3, 0.4) is 0 Å². The van der Waals surface area contributed by atoms with Crippen LogP contribution < -0.4 is 5.48 Å². The normalized spacial score (nSPS) is 22.5. The lowest BCUT2D eigenvalue weighted by Crippen LogP contribution is -2.52. The molecule has 126 valence electrons. The molecule has 0 bridgehead atoms. The van der Waals surface area contributed by atoms with E-state index in [-0.39, 0.29) is 5.57 Å². The zero-order valence-electron chi connectivity index (χ0n) is 12.4. The Bertz CT molecular complexity index is 710. The maximum absolute atomic E-state index is 11.8. The molecule has 0 heterocycles. The van der Waals surface area contributed by atoms with E-state index < -0.39 is 36.0 Å². The van der Waals surface area contributed by atoms with Gasteiger partial charge in [0.2, 0.25) is 5.60 Å². The van der Waals surface area contributed by atoms with E-state index in [1.807, 2.05) is 0 Å². The lowest BCUT2D eigenvalue weighted by atomic mass is 9.75. The zero-order chi connectivity index (χ0) is 17.7. The van der Waals surface area contributed by atoms with Gasteiger partial charge in [0.15, 0.2) is 0 Å². The molecule has 1 aromatic rings. The summed E-state index contributed by atoms with van der Waals surface area (Å²) in [4.78, 5) is 34.8. The third kappa shape index (κ3) is 3.19. The molecule has 8 nitrogen and oxygen atoms in total. The van der Waals surface area contributed by atoms with Gasteiger partial charge in [-0.2, -0.15) is 0 Å². The van der Waals surface area contributed by atoms with Crippen LogP contribution in [-0.4, -0.2) is 45.5 Å². The molecule has 1 amide bonds. The molecule has 2 atom stereocenters. The predicted molar refractivity (Wildman–Crippen MR) is 80.9 cm³/mol. The summed E-state index contributed by atoms with van der Waals surface area (Å²) in [5, 5.41) is 27.7. The minimum absolute atomic E-state index is 0.234. The van der Waals surface area contributed by atoms with Gasteiger partial charge in [-0.25, -0.2) is 10.3 Å². The standard InChI is InChI=1S/C16H15NO7/c18-12(17-23)9-24-16(15(21)22)8-4-7-11(13(16)14(19)20)10-5-2-1-3-6-10/h1-8,13,23H,9H2,(H,17,18)(H,19,20)(H,21,22). The summed E-state index contributed by atoms with van der Waals surface area (Å²) in [5.41, 5.74) is -0.218. The molecule has 24 heavy (non-hydrogen) atoms. The van der Waals surface area contributed by atoms with Gasteiger partial charge in [0.05, 0.1) is 0 Å². The third-order valence-corrected chi connectivity index (χ3v) is 3.61. The van der Waals surface area contributed by atoms with Gasteiger partial charge in [-0.1, -0.05) is 42.5 Å². The highest BCUT2D eigenvalue weighted by Crippen LogP contribution is 2.39. The van der Waals surface area contributed by atoms with Crippen molar-refractivity contribution in [1.82, 2.24) is 5.48 Å². The van der Waals surface area contributed by atoms with Gasteiger partial charge in [-0.15, -0.1) is 0 Å². The summed E-state index contributed by atoms with van der Waals surface area (Å²) >= 11 is 0. The lowest BCUT2D eigenvalue weighted by Gasteiger charge is -2.35. The van der Waals surface area contributed by atoms with E-state index in [9.17, 15) is 24.6 Å². The van der Waals surface area contributed by atoms with Crippen molar-refractivity contribution in [3.05, 3.63) is 54.1 Å². The summed E-state index contributed by atoms with van der Waals surface area (Å²) < 4.78 is 5.13. The molecule has 0 spiro atoms. The van der Waals surface area contributed by atoms with Crippen LogP contribution in [0.2, 0.25) is 0 Å². The van der Waals surface area contributed by atoms with Crippen LogP contribution >= 0.6 is 0 Å². The number of ether oxygens (including phenoxy) is 1. The van der Waals surface area contributed by atoms with Crippen LogP contribution in [0.5, 0.6) is 0 Å². The number of benzene rings is 1. The van der Waals surface area contributed by atoms with Gasteiger partial charge in [-0.3, -0.25) is 14.8 Å². The molecule has 0 saturated heterocycles. The summed E-state index contributed by atoms with van der Waals surface area (Å²) in [7, 11) is 0. The average molecular weight is 333 g/mol. The van der Waals surface area contributed by atoms with Crippen LogP contribution in [0.15, 0.2) is 48.6 Å². The molecule has 0 aliphatic heterocycles. The maximum Gasteiger partial charge on any atom is 0.341 e. The Hall–Kier alpha value is -2.97. The van der Waals surface area contributed by atoms with Crippen molar-refractivity contribution >= 4 is 23.4 Å². The number of amides is 1. The number of carbonyl (C=O) groups excluding carboxylic acids is 1. The highest BCUT2D eigenvalue weighted by atomic mass is 16.5. The Balaban J connectivity index is 2.49. The summed E-state index contributed by atoms with van der Waals surface area (Å²) in [5.74, 6) is -5.54. The number of aliphatic carboxylic acids is 2. The molecule has 2 unspecified atom stereocenters. The van der Waals surface area contributed by atoms with E-state index in [1.54, 1.807) is 30.3 Å². The molecular formula is C16H15NO7. The number of carboxylic acids is 2. The van der Waals surface area contributed by atoms with Crippen molar-refractivity contribution in [1.29, 1.82) is 0 Å². The molecular weight excluding hydrogens is 318 g/mol. The molecule has 2 rings (SSSR count). The van der Waals surface area contributed by atoms with Gasteiger partial charge in [0.1, 0.15) is 12.5 Å². The molecule has 0 saturated carbocycles. The molecule has 1 aromatic carbocycles. The number of rotatable bonds is 6. The fourth-order valence-corrected chi connectivity index (χ4v) is 2.53. The molecule has 1 aliphatic carbocycles. The minimum Gasteiger partial charge on any atom is -0.481 e. The van der Waals surface area contributed by atoms with Gasteiger partial charge >= 0.3 is 11.9 Å². The first-order valence-electron chi connectivity index (χ1n) is 6.90.